The number of amides is 1. The van der Waals surface area contributed by atoms with Gasteiger partial charge in [-0.25, -0.2) is 9.59 Å². The number of carboxylic acid groups (broad SMARTS) is 1. The van der Waals surface area contributed by atoms with Gasteiger partial charge in [0.15, 0.2) is 0 Å². The first kappa shape index (κ1) is 17.9. The number of ether oxygens (including phenoxy) is 1. The zero-order chi connectivity index (χ0) is 17.3. The van der Waals surface area contributed by atoms with Crippen molar-refractivity contribution in [1.29, 1.82) is 0 Å². The number of aromatic carboxylic acids is 1. The van der Waals surface area contributed by atoms with Crippen molar-refractivity contribution in [3.8, 4) is 0 Å². The van der Waals surface area contributed by atoms with Crippen LogP contribution in [0.1, 0.15) is 36.7 Å². The molecular formula is C13H16BF3NO4-. The zero-order valence-corrected chi connectivity index (χ0v) is 12.5. The van der Waals surface area contributed by atoms with Crippen molar-refractivity contribution < 1.29 is 32.4 Å². The summed E-state index contributed by atoms with van der Waals surface area (Å²) >= 11 is 0. The van der Waals surface area contributed by atoms with Crippen molar-refractivity contribution in [2.75, 3.05) is 5.32 Å². The van der Waals surface area contributed by atoms with Crippen molar-refractivity contribution >= 4 is 30.2 Å². The third kappa shape index (κ3) is 4.68. The molecule has 122 valence electrons. The predicted molar refractivity (Wildman–Crippen MR) is 76.7 cm³/mol. The molecule has 22 heavy (non-hydrogen) atoms. The Labute approximate surface area is 125 Å². The van der Waals surface area contributed by atoms with Gasteiger partial charge in [0.2, 0.25) is 0 Å². The minimum atomic E-state index is -5.41. The molecule has 0 atom stereocenters. The Morgan fingerprint density at radius 1 is 1.23 bits per heavy atom. The van der Waals surface area contributed by atoms with Crippen LogP contribution in [0.2, 0.25) is 0 Å². The molecule has 1 aromatic carbocycles. The van der Waals surface area contributed by atoms with E-state index >= 15 is 0 Å². The molecule has 1 aromatic rings. The molecule has 0 aliphatic carbocycles. The minimum absolute atomic E-state index is 0.247. The first-order chi connectivity index (χ1) is 9.81. The number of carbonyl (C=O) groups excluding carboxylic acids is 1. The molecule has 0 bridgehead atoms. The maximum Gasteiger partial charge on any atom is 0.509 e. The first-order valence-corrected chi connectivity index (χ1v) is 6.39. The van der Waals surface area contributed by atoms with Gasteiger partial charge in [0.1, 0.15) is 5.60 Å². The Bertz CT molecular complexity index is 609. The molecule has 0 unspecified atom stereocenters. The number of carboxylic acids is 1. The summed E-state index contributed by atoms with van der Waals surface area (Å²) in [6, 6.07) is 1.52. The van der Waals surface area contributed by atoms with E-state index in [1.807, 2.05) is 0 Å². The lowest BCUT2D eigenvalue weighted by molar-refractivity contribution is 0.0632. The zero-order valence-electron chi connectivity index (χ0n) is 12.5. The second-order valence-corrected chi connectivity index (χ2v) is 5.74. The second-order valence-electron chi connectivity index (χ2n) is 5.74. The molecular weight excluding hydrogens is 302 g/mol. The van der Waals surface area contributed by atoms with Crippen LogP contribution in [-0.2, 0) is 4.74 Å². The average Bonchev–Trinajstić information content (AvgIpc) is 2.27. The van der Waals surface area contributed by atoms with Crippen LogP contribution >= 0.6 is 0 Å². The van der Waals surface area contributed by atoms with Crippen LogP contribution in [0.4, 0.5) is 23.4 Å². The van der Waals surface area contributed by atoms with E-state index in [4.69, 9.17) is 9.84 Å². The highest BCUT2D eigenvalue weighted by Gasteiger charge is 2.30. The lowest BCUT2D eigenvalue weighted by Crippen LogP contribution is -2.38. The molecule has 0 aliphatic rings. The third-order valence-corrected chi connectivity index (χ3v) is 2.68. The monoisotopic (exact) mass is 318 g/mol. The maximum atomic E-state index is 13.0. The lowest BCUT2D eigenvalue weighted by Gasteiger charge is -2.23. The molecule has 0 aliphatic heterocycles. The van der Waals surface area contributed by atoms with Crippen molar-refractivity contribution in [2.24, 2.45) is 0 Å². The van der Waals surface area contributed by atoms with Gasteiger partial charge in [-0.3, -0.25) is 5.32 Å². The van der Waals surface area contributed by atoms with Crippen molar-refractivity contribution in [2.45, 2.75) is 33.3 Å². The molecule has 9 heteroatoms. The summed E-state index contributed by atoms with van der Waals surface area (Å²) in [5.74, 6) is -1.52. The van der Waals surface area contributed by atoms with Crippen LogP contribution < -0.4 is 10.8 Å². The van der Waals surface area contributed by atoms with Crippen LogP contribution in [0.15, 0.2) is 12.1 Å². The summed E-state index contributed by atoms with van der Waals surface area (Å²) in [6.07, 6.45) is -0.959. The normalized spacial score (nSPS) is 12.0. The molecule has 0 saturated heterocycles. The van der Waals surface area contributed by atoms with Crippen molar-refractivity contribution in [3.63, 3.8) is 0 Å². The quantitative estimate of drug-likeness (QED) is 0.840. The molecule has 0 radical (unpaired) electrons. The van der Waals surface area contributed by atoms with Crippen molar-refractivity contribution in [3.05, 3.63) is 23.3 Å². The summed E-state index contributed by atoms with van der Waals surface area (Å²) in [5, 5.41) is 11.1. The molecule has 5 nitrogen and oxygen atoms in total. The van der Waals surface area contributed by atoms with E-state index in [-0.39, 0.29) is 11.3 Å². The van der Waals surface area contributed by atoms with E-state index in [1.165, 1.54) is 0 Å². The van der Waals surface area contributed by atoms with E-state index in [0.717, 1.165) is 13.0 Å². The van der Waals surface area contributed by atoms with E-state index in [2.05, 4.69) is 5.32 Å². The molecule has 0 aromatic heterocycles. The van der Waals surface area contributed by atoms with Crippen LogP contribution in [0.5, 0.6) is 0 Å². The van der Waals surface area contributed by atoms with Gasteiger partial charge in [0.25, 0.3) is 0 Å². The van der Waals surface area contributed by atoms with Gasteiger partial charge < -0.3 is 22.8 Å². The number of benzene rings is 1. The molecule has 0 heterocycles. The Morgan fingerprint density at radius 2 is 1.77 bits per heavy atom. The minimum Gasteiger partial charge on any atom is -0.478 e. The Kier molecular flexibility index (Phi) is 4.79. The SMILES string of the molecule is Cc1c(NC(=O)OC(C)(C)C)cc(C(=O)O)cc1[B-](F)(F)F. The number of nitrogens with one attached hydrogen (secondary N) is 1. The van der Waals surface area contributed by atoms with Gasteiger partial charge in [-0.2, -0.15) is 0 Å². The van der Waals surface area contributed by atoms with Gasteiger partial charge >= 0.3 is 19.0 Å². The standard InChI is InChI=1S/C13H16BF3NO4/c1-7-9(14(15,16)17)5-8(11(19)20)6-10(7)18-12(21)22-13(2,3)4/h5-6H,1-4H3,(H,18,21)(H,19,20)/q-1. The Balaban J connectivity index is 3.27. The van der Waals surface area contributed by atoms with Gasteiger partial charge in [-0.05, 0) is 33.8 Å². The average molecular weight is 318 g/mol. The highest BCUT2D eigenvalue weighted by atomic mass is 19.4. The highest BCUT2D eigenvalue weighted by molar-refractivity contribution is 6.74. The van der Waals surface area contributed by atoms with E-state index < -0.39 is 35.7 Å². The molecule has 0 spiro atoms. The smallest absolute Gasteiger partial charge is 0.478 e. The summed E-state index contributed by atoms with van der Waals surface area (Å²) in [7, 11) is 0. The molecule has 1 amide bonds. The molecule has 0 saturated carbocycles. The molecule has 2 N–H and O–H groups in total. The summed E-state index contributed by atoms with van der Waals surface area (Å²) in [4.78, 5) is 22.6. The second kappa shape index (κ2) is 5.90. The van der Waals surface area contributed by atoms with Crippen molar-refractivity contribution in [1.82, 2.24) is 0 Å². The molecule has 1 rings (SSSR count). The fourth-order valence-corrected chi connectivity index (χ4v) is 1.74. The fraction of sp³-hybridized carbons (Fsp3) is 0.385. The van der Waals surface area contributed by atoms with Crippen LogP contribution in [0.25, 0.3) is 0 Å². The summed E-state index contributed by atoms with van der Waals surface area (Å²) < 4.78 is 44.0. The number of hydrogen-bond acceptors (Lipinski definition) is 3. The summed E-state index contributed by atoms with van der Waals surface area (Å²) in [5.41, 5.74) is -2.97. The van der Waals surface area contributed by atoms with E-state index in [0.29, 0.717) is 6.07 Å². The number of anilines is 1. The number of hydrogen-bond donors (Lipinski definition) is 2. The Morgan fingerprint density at radius 3 is 2.18 bits per heavy atom. The van der Waals surface area contributed by atoms with Crippen LogP contribution in [-0.4, -0.2) is 29.7 Å². The van der Waals surface area contributed by atoms with Gasteiger partial charge in [0, 0.05) is 5.69 Å². The largest absolute Gasteiger partial charge is 0.509 e. The van der Waals surface area contributed by atoms with E-state index in [9.17, 15) is 22.5 Å². The van der Waals surface area contributed by atoms with Gasteiger partial charge in [-0.15, -0.1) is 5.46 Å². The number of carbonyl (C=O) groups is 2. The lowest BCUT2D eigenvalue weighted by atomic mass is 9.76. The number of halogens is 3. The van der Waals surface area contributed by atoms with Gasteiger partial charge in [0.05, 0.1) is 5.56 Å². The van der Waals surface area contributed by atoms with Crippen LogP contribution in [0.3, 0.4) is 0 Å². The van der Waals surface area contributed by atoms with Gasteiger partial charge in [-0.1, -0.05) is 11.6 Å². The Hall–Kier alpha value is -2.19. The van der Waals surface area contributed by atoms with Crippen LogP contribution in [0, 0.1) is 6.92 Å². The first-order valence-electron chi connectivity index (χ1n) is 6.39. The topological polar surface area (TPSA) is 75.6 Å². The summed E-state index contributed by atoms with van der Waals surface area (Å²) in [6.45, 7) is 0.527. The fourth-order valence-electron chi connectivity index (χ4n) is 1.74. The highest BCUT2D eigenvalue weighted by Crippen LogP contribution is 2.22. The molecule has 0 fully saturated rings. The third-order valence-electron chi connectivity index (χ3n) is 2.68. The maximum absolute atomic E-state index is 13.0. The van der Waals surface area contributed by atoms with E-state index in [1.54, 1.807) is 20.8 Å². The number of rotatable bonds is 3. The predicted octanol–water partition coefficient (Wildman–Crippen LogP) is 3.09.